The Bertz CT molecular complexity index is 1260. The highest BCUT2D eigenvalue weighted by molar-refractivity contribution is 6.10. The van der Waals surface area contributed by atoms with Gasteiger partial charge in [-0.3, -0.25) is 14.5 Å². The average molecular weight is 449 g/mol. The number of methoxy groups -OCH3 is 1. The van der Waals surface area contributed by atoms with Crippen LogP contribution in [0.25, 0.3) is 10.8 Å². The van der Waals surface area contributed by atoms with Gasteiger partial charge in [0.25, 0.3) is 5.91 Å². The number of hydrogen-bond acceptors (Lipinski definition) is 4. The lowest BCUT2D eigenvalue weighted by atomic mass is 9.88. The normalized spacial score (nSPS) is 17.9. The van der Waals surface area contributed by atoms with Crippen molar-refractivity contribution < 1.29 is 23.5 Å². The molecule has 4 amide bonds. The summed E-state index contributed by atoms with van der Waals surface area (Å²) in [6.07, 6.45) is 0. The average Bonchev–Trinajstić information content (AvgIpc) is 3.02. The van der Waals surface area contributed by atoms with E-state index in [4.69, 9.17) is 4.74 Å². The summed E-state index contributed by atoms with van der Waals surface area (Å²) in [6, 6.07) is 16.9. The SMILES string of the molecule is COc1ccc(CN(C)C(=O)CN2C(=O)NC(C)(c3cccc4ccccc34)C2=O)cc1F. The van der Waals surface area contributed by atoms with Crippen LogP contribution in [0.5, 0.6) is 5.75 Å². The van der Waals surface area contributed by atoms with Crippen molar-refractivity contribution in [2.45, 2.75) is 19.0 Å². The van der Waals surface area contributed by atoms with Crippen molar-refractivity contribution in [1.29, 1.82) is 0 Å². The summed E-state index contributed by atoms with van der Waals surface area (Å²) in [5.41, 5.74) is -0.0754. The third-order valence-corrected chi connectivity index (χ3v) is 5.96. The fraction of sp³-hybridized carbons (Fsp3) is 0.240. The number of ether oxygens (including phenoxy) is 1. The van der Waals surface area contributed by atoms with E-state index in [1.807, 2.05) is 36.4 Å². The van der Waals surface area contributed by atoms with Gasteiger partial charge in [0.15, 0.2) is 11.6 Å². The molecule has 3 aromatic carbocycles. The van der Waals surface area contributed by atoms with E-state index in [9.17, 15) is 18.8 Å². The van der Waals surface area contributed by atoms with Gasteiger partial charge >= 0.3 is 6.03 Å². The molecule has 1 heterocycles. The first kappa shape index (κ1) is 22.3. The van der Waals surface area contributed by atoms with Gasteiger partial charge in [0.2, 0.25) is 5.91 Å². The van der Waals surface area contributed by atoms with Crippen molar-refractivity contribution in [3.05, 3.63) is 77.6 Å². The molecule has 4 rings (SSSR count). The summed E-state index contributed by atoms with van der Waals surface area (Å²) in [4.78, 5) is 41.1. The third-order valence-electron chi connectivity index (χ3n) is 5.96. The van der Waals surface area contributed by atoms with E-state index in [-0.39, 0.29) is 12.3 Å². The Labute approximate surface area is 190 Å². The predicted octanol–water partition coefficient (Wildman–Crippen LogP) is 3.41. The first-order chi connectivity index (χ1) is 15.7. The molecule has 0 spiro atoms. The van der Waals surface area contributed by atoms with Crippen LogP contribution in [0.4, 0.5) is 9.18 Å². The van der Waals surface area contributed by atoms with Gasteiger partial charge in [-0.05, 0) is 41.0 Å². The second-order valence-electron chi connectivity index (χ2n) is 8.19. The molecule has 8 heteroatoms. The molecule has 0 saturated carbocycles. The minimum absolute atomic E-state index is 0.111. The number of carbonyl (C=O) groups is 3. The minimum Gasteiger partial charge on any atom is -0.494 e. The number of rotatable bonds is 6. The molecule has 0 aliphatic carbocycles. The number of urea groups is 1. The van der Waals surface area contributed by atoms with Crippen molar-refractivity contribution in [3.8, 4) is 5.75 Å². The zero-order valence-electron chi connectivity index (χ0n) is 18.6. The highest BCUT2D eigenvalue weighted by atomic mass is 19.1. The molecular weight excluding hydrogens is 425 g/mol. The van der Waals surface area contributed by atoms with Crippen LogP contribution >= 0.6 is 0 Å². The Morgan fingerprint density at radius 3 is 2.58 bits per heavy atom. The largest absolute Gasteiger partial charge is 0.494 e. The van der Waals surface area contributed by atoms with Crippen molar-refractivity contribution in [1.82, 2.24) is 15.1 Å². The fourth-order valence-corrected chi connectivity index (χ4v) is 4.11. The van der Waals surface area contributed by atoms with Gasteiger partial charge < -0.3 is 15.0 Å². The molecule has 0 bridgehead atoms. The zero-order chi connectivity index (χ0) is 23.8. The van der Waals surface area contributed by atoms with Crippen molar-refractivity contribution in [2.24, 2.45) is 0 Å². The van der Waals surface area contributed by atoms with E-state index < -0.39 is 35.7 Å². The molecule has 3 aromatic rings. The topological polar surface area (TPSA) is 79.0 Å². The maximum atomic E-state index is 14.0. The number of nitrogens with one attached hydrogen (secondary N) is 1. The number of likely N-dealkylation sites (N-methyl/N-ethyl adjacent to an activating group) is 1. The van der Waals surface area contributed by atoms with E-state index in [0.717, 1.165) is 15.7 Å². The Balaban J connectivity index is 1.52. The van der Waals surface area contributed by atoms with Crippen LogP contribution < -0.4 is 10.1 Å². The first-order valence-electron chi connectivity index (χ1n) is 10.4. The van der Waals surface area contributed by atoms with E-state index >= 15 is 0 Å². The number of carbonyl (C=O) groups excluding carboxylic acids is 3. The maximum absolute atomic E-state index is 14.0. The molecule has 1 N–H and O–H groups in total. The summed E-state index contributed by atoms with van der Waals surface area (Å²) >= 11 is 0. The summed E-state index contributed by atoms with van der Waals surface area (Å²) in [5, 5.41) is 4.55. The lowest BCUT2D eigenvalue weighted by Crippen LogP contribution is -2.43. The number of halogens is 1. The Morgan fingerprint density at radius 2 is 1.85 bits per heavy atom. The molecule has 1 fully saturated rings. The van der Waals surface area contributed by atoms with Gasteiger partial charge in [0.1, 0.15) is 12.1 Å². The lowest BCUT2D eigenvalue weighted by molar-refractivity contribution is -0.138. The second-order valence-corrected chi connectivity index (χ2v) is 8.19. The number of nitrogens with zero attached hydrogens (tertiary/aromatic N) is 2. The van der Waals surface area contributed by atoms with Crippen LogP contribution in [0.15, 0.2) is 60.7 Å². The molecule has 170 valence electrons. The first-order valence-corrected chi connectivity index (χ1v) is 10.4. The van der Waals surface area contributed by atoms with Gasteiger partial charge in [0.05, 0.1) is 7.11 Å². The van der Waals surface area contributed by atoms with Crippen LogP contribution in [0.3, 0.4) is 0 Å². The molecule has 1 saturated heterocycles. The fourth-order valence-electron chi connectivity index (χ4n) is 4.11. The quantitative estimate of drug-likeness (QED) is 0.585. The third kappa shape index (κ3) is 4.00. The van der Waals surface area contributed by atoms with Crippen molar-refractivity contribution in [3.63, 3.8) is 0 Å². The Hall–Kier alpha value is -3.94. The highest BCUT2D eigenvalue weighted by Gasteiger charge is 2.50. The molecule has 0 aromatic heterocycles. The Kier molecular flexibility index (Phi) is 5.76. The summed E-state index contributed by atoms with van der Waals surface area (Å²) in [6.45, 7) is 1.34. The number of benzene rings is 3. The van der Waals surface area contributed by atoms with Gasteiger partial charge in [0, 0.05) is 13.6 Å². The molecule has 33 heavy (non-hydrogen) atoms. The summed E-state index contributed by atoms with van der Waals surface area (Å²) < 4.78 is 18.9. The van der Waals surface area contributed by atoms with E-state index in [2.05, 4.69) is 5.32 Å². The smallest absolute Gasteiger partial charge is 0.325 e. The number of hydrogen-bond donors (Lipinski definition) is 1. The molecule has 1 aliphatic rings. The maximum Gasteiger partial charge on any atom is 0.325 e. The minimum atomic E-state index is -1.30. The molecule has 1 aliphatic heterocycles. The molecule has 7 nitrogen and oxygen atoms in total. The van der Waals surface area contributed by atoms with Gasteiger partial charge in [-0.15, -0.1) is 0 Å². The number of fused-ring (bicyclic) bond motifs is 1. The Morgan fingerprint density at radius 1 is 1.12 bits per heavy atom. The van der Waals surface area contributed by atoms with Gasteiger partial charge in [-0.1, -0.05) is 48.5 Å². The molecule has 1 unspecified atom stereocenters. The van der Waals surface area contributed by atoms with Crippen LogP contribution in [0.1, 0.15) is 18.1 Å². The molecule has 0 radical (unpaired) electrons. The zero-order valence-corrected chi connectivity index (χ0v) is 18.6. The highest BCUT2D eigenvalue weighted by Crippen LogP contribution is 2.33. The number of imide groups is 1. The van der Waals surface area contributed by atoms with E-state index in [0.29, 0.717) is 11.1 Å². The van der Waals surface area contributed by atoms with Gasteiger partial charge in [-0.2, -0.15) is 0 Å². The van der Waals surface area contributed by atoms with E-state index in [1.165, 1.54) is 31.2 Å². The predicted molar refractivity (Wildman–Crippen MR) is 121 cm³/mol. The second kappa shape index (κ2) is 8.54. The van der Waals surface area contributed by atoms with Crippen LogP contribution in [0, 0.1) is 5.82 Å². The van der Waals surface area contributed by atoms with Crippen LogP contribution in [0.2, 0.25) is 0 Å². The monoisotopic (exact) mass is 449 g/mol. The number of amides is 4. The molecule has 1 atom stereocenters. The summed E-state index contributed by atoms with van der Waals surface area (Å²) in [5.74, 6) is -1.37. The summed E-state index contributed by atoms with van der Waals surface area (Å²) in [7, 11) is 2.91. The van der Waals surface area contributed by atoms with E-state index in [1.54, 1.807) is 19.1 Å². The standard InChI is InChI=1S/C25H24FN3O4/c1-25(19-10-6-8-17-7-4-5-9-18(17)19)23(31)29(24(32)27-25)15-22(30)28(2)14-16-11-12-21(33-3)20(26)13-16/h4-13H,14-15H2,1-3H3,(H,27,32). The van der Waals surface area contributed by atoms with Crippen molar-refractivity contribution in [2.75, 3.05) is 20.7 Å². The van der Waals surface area contributed by atoms with Crippen molar-refractivity contribution >= 4 is 28.6 Å². The van der Waals surface area contributed by atoms with Gasteiger partial charge in [-0.25, -0.2) is 9.18 Å². The lowest BCUT2D eigenvalue weighted by Gasteiger charge is -2.24. The van der Waals surface area contributed by atoms with Crippen LogP contribution in [-0.4, -0.2) is 48.3 Å². The molecular formula is C25H24FN3O4. The van der Waals surface area contributed by atoms with Crippen LogP contribution in [-0.2, 0) is 21.7 Å².